The summed E-state index contributed by atoms with van der Waals surface area (Å²) in [6.07, 6.45) is -3.30. The quantitative estimate of drug-likeness (QED) is 0.269. The predicted molar refractivity (Wildman–Crippen MR) is 47.1 cm³/mol. The first kappa shape index (κ1) is 16.6. The van der Waals surface area contributed by atoms with Crippen molar-refractivity contribution in [2.75, 3.05) is 6.61 Å². The number of aliphatic hydroxyl groups excluding tert-OH is 3. The molecule has 3 N–H and O–H groups in total. The fraction of sp³-hybridized carbons (Fsp3) is 0.500. The van der Waals surface area contributed by atoms with E-state index in [0.29, 0.717) is 0 Å². The van der Waals surface area contributed by atoms with Crippen molar-refractivity contribution in [1.29, 1.82) is 0 Å². The van der Waals surface area contributed by atoms with Crippen LogP contribution in [0.3, 0.4) is 0 Å². The molecule has 1 rings (SSSR count). The van der Waals surface area contributed by atoms with Gasteiger partial charge in [-0.15, -0.1) is 0 Å². The molecule has 0 aromatic rings. The van der Waals surface area contributed by atoms with E-state index in [0.717, 1.165) is 0 Å². The molecule has 1 aliphatic rings. The van der Waals surface area contributed by atoms with Crippen LogP contribution in [-0.2, 0) is 18.6 Å². The molecule has 0 fully saturated rings. The molecule has 0 aliphatic carbocycles. The maximum atomic E-state index is 10.9. The number of cyclic esters (lactones) is 1. The van der Waals surface area contributed by atoms with Gasteiger partial charge in [-0.25, -0.2) is 4.79 Å². The van der Waals surface area contributed by atoms with E-state index in [2.05, 4.69) is 9.26 Å². The number of aliphatic hydroxyl groups is 3. The number of ether oxygens (including phenoxy) is 1. The maximum absolute atomic E-state index is 10.9. The van der Waals surface area contributed by atoms with Crippen LogP contribution in [0, 0.1) is 0 Å². The molecule has 0 saturated carbocycles. The average molecular weight is 278 g/mol. The van der Waals surface area contributed by atoms with Gasteiger partial charge in [0, 0.05) is 0 Å². The minimum atomic E-state index is -5.52. The van der Waals surface area contributed by atoms with Gasteiger partial charge in [0.2, 0.25) is 0 Å². The summed E-state index contributed by atoms with van der Waals surface area (Å²) in [5.41, 5.74) is 0. The molecule has 11 heteroatoms. The van der Waals surface area contributed by atoms with Crippen molar-refractivity contribution in [1.82, 2.24) is 0 Å². The normalized spacial score (nSPS) is 21.9. The van der Waals surface area contributed by atoms with Gasteiger partial charge in [-0.3, -0.25) is 0 Å². The van der Waals surface area contributed by atoms with E-state index in [-0.39, 0.29) is 23.1 Å². The monoisotopic (exact) mass is 278 g/mol. The topological polar surface area (TPSA) is 159 Å². The Kier molecular flexibility index (Phi) is 5.88. The molecule has 0 radical (unpaired) electrons. The first-order chi connectivity index (χ1) is 7.26. The van der Waals surface area contributed by atoms with Crippen LogP contribution in [0.15, 0.2) is 11.5 Å². The Bertz CT molecular complexity index is 374. The van der Waals surface area contributed by atoms with Gasteiger partial charge in [-0.05, 0) is 0 Å². The van der Waals surface area contributed by atoms with Gasteiger partial charge < -0.3 is 38.9 Å². The minimum absolute atomic E-state index is 0. The molecule has 9 nitrogen and oxygen atoms in total. The number of phosphoric acid groups is 1. The molecule has 92 valence electrons. The van der Waals surface area contributed by atoms with Crippen molar-refractivity contribution >= 4 is 36.8 Å². The zero-order chi connectivity index (χ0) is 12.5. The van der Waals surface area contributed by atoms with Crippen molar-refractivity contribution in [2.45, 2.75) is 12.2 Å². The van der Waals surface area contributed by atoms with E-state index in [1.54, 1.807) is 0 Å². The fourth-order valence-corrected chi connectivity index (χ4v) is 1.40. The Hall–Kier alpha value is -0.354. The van der Waals surface area contributed by atoms with Crippen molar-refractivity contribution in [3.63, 3.8) is 0 Å². The van der Waals surface area contributed by atoms with E-state index in [4.69, 9.17) is 10.2 Å². The maximum Gasteiger partial charge on any atom is 2.00 e. The molecule has 17 heavy (non-hydrogen) atoms. The minimum Gasteiger partial charge on any atom is -0.780 e. The van der Waals surface area contributed by atoms with Crippen LogP contribution in [-0.4, -0.2) is 63.2 Å². The van der Waals surface area contributed by atoms with Gasteiger partial charge in [0.15, 0.2) is 11.9 Å². The second-order valence-electron chi connectivity index (χ2n) is 2.83. The van der Waals surface area contributed by atoms with E-state index in [1.807, 2.05) is 0 Å². The molecule has 2 unspecified atom stereocenters. The van der Waals surface area contributed by atoms with Gasteiger partial charge in [0.05, 0.1) is 6.61 Å². The largest absolute Gasteiger partial charge is 2.00 e. The summed E-state index contributed by atoms with van der Waals surface area (Å²) >= 11 is 0. The van der Waals surface area contributed by atoms with Crippen LogP contribution in [0.25, 0.3) is 0 Å². The molecule has 0 amide bonds. The van der Waals surface area contributed by atoms with E-state index < -0.39 is 44.1 Å². The van der Waals surface area contributed by atoms with Crippen LogP contribution in [0.2, 0.25) is 0 Å². The Balaban J connectivity index is 0.00000256. The standard InChI is InChI=1S/C6H9O9P.Mg/c7-1-2(8)4-3(9)5(6(10)14-4)15-16(11,12)13;/h2,4,7-9H,1H2,(H2,11,12,13);/q;+2/p-2. The van der Waals surface area contributed by atoms with Crippen molar-refractivity contribution in [3.8, 4) is 0 Å². The third-order valence-electron chi connectivity index (χ3n) is 1.66. The van der Waals surface area contributed by atoms with Crippen LogP contribution in [0.4, 0.5) is 0 Å². The van der Waals surface area contributed by atoms with Gasteiger partial charge in [-0.1, -0.05) is 0 Å². The zero-order valence-corrected chi connectivity index (χ0v) is 10.6. The smallest absolute Gasteiger partial charge is 0.780 e. The summed E-state index contributed by atoms with van der Waals surface area (Å²) in [7, 11) is -5.52. The van der Waals surface area contributed by atoms with Gasteiger partial charge in [0.25, 0.3) is 5.76 Å². The van der Waals surface area contributed by atoms with Crippen molar-refractivity contribution in [2.24, 2.45) is 0 Å². The fourth-order valence-electron chi connectivity index (χ4n) is 1.01. The average Bonchev–Trinajstić information content (AvgIpc) is 2.42. The Labute approximate surface area is 111 Å². The number of carbonyl (C=O) groups is 1. The van der Waals surface area contributed by atoms with Crippen molar-refractivity contribution < 1.29 is 43.7 Å². The number of hydrogen-bond donors (Lipinski definition) is 3. The molecule has 0 aromatic heterocycles. The zero-order valence-electron chi connectivity index (χ0n) is 8.31. The number of esters is 1. The third-order valence-corrected chi connectivity index (χ3v) is 2.07. The molecular weight excluding hydrogens is 271 g/mol. The molecule has 0 bridgehead atoms. The second kappa shape index (κ2) is 6.00. The molecule has 0 spiro atoms. The Morgan fingerprint density at radius 1 is 1.53 bits per heavy atom. The second-order valence-corrected chi connectivity index (χ2v) is 3.91. The van der Waals surface area contributed by atoms with Crippen LogP contribution < -0.4 is 9.79 Å². The summed E-state index contributed by atoms with van der Waals surface area (Å²) in [6, 6.07) is 0. The van der Waals surface area contributed by atoms with Gasteiger partial charge in [-0.2, -0.15) is 0 Å². The molecule has 0 saturated heterocycles. The summed E-state index contributed by atoms with van der Waals surface area (Å²) in [4.78, 5) is 31.4. The van der Waals surface area contributed by atoms with Crippen LogP contribution >= 0.6 is 7.82 Å². The number of rotatable bonds is 4. The predicted octanol–water partition coefficient (Wildman–Crippen LogP) is -3.50. The number of phosphoric ester groups is 1. The molecular formula is C6H7MgO9P. The molecule has 1 aliphatic heterocycles. The Morgan fingerprint density at radius 2 is 2.06 bits per heavy atom. The summed E-state index contributed by atoms with van der Waals surface area (Å²) in [5, 5.41) is 26.8. The Morgan fingerprint density at radius 3 is 2.47 bits per heavy atom. The van der Waals surface area contributed by atoms with Crippen LogP contribution in [0.1, 0.15) is 0 Å². The number of hydrogen-bond acceptors (Lipinski definition) is 9. The summed E-state index contributed by atoms with van der Waals surface area (Å²) in [5.74, 6) is -3.67. The summed E-state index contributed by atoms with van der Waals surface area (Å²) in [6.45, 7) is -0.846. The van der Waals surface area contributed by atoms with Gasteiger partial charge >= 0.3 is 29.0 Å². The number of carbonyl (C=O) groups excluding carboxylic acids is 1. The first-order valence-corrected chi connectivity index (χ1v) is 5.37. The van der Waals surface area contributed by atoms with Crippen molar-refractivity contribution in [3.05, 3.63) is 11.5 Å². The van der Waals surface area contributed by atoms with E-state index >= 15 is 0 Å². The molecule has 0 aromatic carbocycles. The molecule has 2 atom stereocenters. The summed E-state index contributed by atoms with van der Waals surface area (Å²) < 4.78 is 18.2. The van der Waals surface area contributed by atoms with E-state index in [9.17, 15) is 24.3 Å². The van der Waals surface area contributed by atoms with E-state index in [1.165, 1.54) is 0 Å². The van der Waals surface area contributed by atoms with Gasteiger partial charge in [0.1, 0.15) is 13.9 Å². The molecule has 1 heterocycles. The third kappa shape index (κ3) is 4.10. The SMILES string of the molecule is O=C1OC(C(O)CO)C(O)=C1OP(=O)([O-])[O-].[Mg+2]. The van der Waals surface area contributed by atoms with Crippen LogP contribution in [0.5, 0.6) is 0 Å². The first-order valence-electron chi connectivity index (χ1n) is 3.91.